The van der Waals surface area contributed by atoms with Gasteiger partial charge in [-0.25, -0.2) is 0 Å². The van der Waals surface area contributed by atoms with Crippen LogP contribution in [0.5, 0.6) is 0 Å². The largest absolute Gasteiger partial charge is 0.396 e. The zero-order valence-corrected chi connectivity index (χ0v) is 12.2. The highest BCUT2D eigenvalue weighted by atomic mass is 32.1. The Labute approximate surface area is 120 Å². The van der Waals surface area contributed by atoms with Gasteiger partial charge in [0, 0.05) is 30.4 Å². The van der Waals surface area contributed by atoms with Crippen LogP contribution in [0.15, 0.2) is 18.2 Å². The number of nitrogens with zero attached hydrogens (tertiary/aromatic N) is 1. The van der Waals surface area contributed by atoms with Crippen molar-refractivity contribution in [2.45, 2.75) is 38.6 Å². The molecule has 1 aromatic rings. The number of aryl methyl sites for hydroxylation is 1. The van der Waals surface area contributed by atoms with E-state index in [2.05, 4.69) is 17.0 Å². The molecule has 0 spiro atoms. The van der Waals surface area contributed by atoms with E-state index in [9.17, 15) is 0 Å². The zero-order valence-electron chi connectivity index (χ0n) is 11.4. The van der Waals surface area contributed by atoms with Crippen LogP contribution in [0.2, 0.25) is 0 Å². The van der Waals surface area contributed by atoms with Gasteiger partial charge in [-0.05, 0) is 56.4 Å². The van der Waals surface area contributed by atoms with Gasteiger partial charge in [-0.1, -0.05) is 12.2 Å². The molecule has 0 radical (unpaired) electrons. The maximum Gasteiger partial charge on any atom is 0.104 e. The van der Waals surface area contributed by atoms with Gasteiger partial charge in [-0.3, -0.25) is 0 Å². The fourth-order valence-electron chi connectivity index (χ4n) is 2.56. The number of thiocarbonyl (C=S) groups is 1. The second-order valence-electron chi connectivity index (χ2n) is 5.22. The smallest absolute Gasteiger partial charge is 0.104 e. The van der Waals surface area contributed by atoms with Gasteiger partial charge in [0.2, 0.25) is 0 Å². The lowest BCUT2D eigenvalue weighted by molar-refractivity contribution is 0.283. The Balaban J connectivity index is 2.20. The van der Waals surface area contributed by atoms with E-state index in [0.29, 0.717) is 11.0 Å². The van der Waals surface area contributed by atoms with Crippen molar-refractivity contribution in [1.29, 1.82) is 0 Å². The highest BCUT2D eigenvalue weighted by Gasteiger charge is 2.25. The molecule has 3 nitrogen and oxygen atoms in total. The van der Waals surface area contributed by atoms with E-state index < -0.39 is 0 Å². The summed E-state index contributed by atoms with van der Waals surface area (Å²) in [6, 6.07) is 6.89. The summed E-state index contributed by atoms with van der Waals surface area (Å²) in [5.41, 5.74) is 9.00. The second-order valence-corrected chi connectivity index (χ2v) is 5.66. The van der Waals surface area contributed by atoms with Crippen molar-refractivity contribution in [3.05, 3.63) is 29.3 Å². The Bertz CT molecular complexity index is 457. The van der Waals surface area contributed by atoms with Gasteiger partial charge in [0.25, 0.3) is 0 Å². The molecule has 0 atom stereocenters. The maximum absolute atomic E-state index is 9.05. The average molecular weight is 278 g/mol. The van der Waals surface area contributed by atoms with Crippen molar-refractivity contribution in [3.8, 4) is 0 Å². The minimum atomic E-state index is 0.243. The number of hydrogen-bond acceptors (Lipinski definition) is 3. The van der Waals surface area contributed by atoms with Crippen LogP contribution >= 0.6 is 12.2 Å². The molecule has 19 heavy (non-hydrogen) atoms. The highest BCUT2D eigenvalue weighted by Crippen LogP contribution is 2.30. The molecule has 1 aliphatic rings. The number of hydrogen-bond donors (Lipinski definition) is 2. The lowest BCUT2D eigenvalue weighted by atomic mass is 9.90. The fraction of sp³-hybridized carbons (Fsp3) is 0.533. The topological polar surface area (TPSA) is 49.5 Å². The lowest BCUT2D eigenvalue weighted by Crippen LogP contribution is -2.41. The van der Waals surface area contributed by atoms with Gasteiger partial charge in [0.15, 0.2) is 0 Å². The summed E-state index contributed by atoms with van der Waals surface area (Å²) < 4.78 is 0. The monoisotopic (exact) mass is 278 g/mol. The van der Waals surface area contributed by atoms with Crippen molar-refractivity contribution in [3.63, 3.8) is 0 Å². The summed E-state index contributed by atoms with van der Waals surface area (Å²) in [5.74, 6) is 0. The third-order valence-corrected chi connectivity index (χ3v) is 4.10. The average Bonchev–Trinajstić information content (AvgIpc) is 2.31. The Kier molecular flexibility index (Phi) is 4.77. The quantitative estimate of drug-likeness (QED) is 0.784. The summed E-state index contributed by atoms with van der Waals surface area (Å²) in [4.78, 5) is 2.87. The molecule has 0 amide bonds. The Hall–Kier alpha value is -1.13. The first kappa shape index (κ1) is 14.3. The molecule has 3 N–H and O–H groups in total. The van der Waals surface area contributed by atoms with Crippen LogP contribution in [-0.2, 0) is 0 Å². The molecule has 104 valence electrons. The number of aliphatic hydroxyl groups is 1. The van der Waals surface area contributed by atoms with E-state index in [1.165, 1.54) is 24.9 Å². The van der Waals surface area contributed by atoms with Gasteiger partial charge in [-0.15, -0.1) is 0 Å². The van der Waals surface area contributed by atoms with E-state index in [0.717, 1.165) is 24.1 Å². The van der Waals surface area contributed by atoms with Crippen LogP contribution in [0.1, 0.15) is 36.8 Å². The van der Waals surface area contributed by atoms with Gasteiger partial charge < -0.3 is 15.7 Å². The summed E-state index contributed by atoms with van der Waals surface area (Å²) >= 11 is 5.05. The van der Waals surface area contributed by atoms with Crippen molar-refractivity contribution >= 4 is 22.9 Å². The SMILES string of the molecule is Cc1cc(N(CCCO)C2CCC2)ccc1C(N)=S. The standard InChI is InChI=1S/C15H22N2OS/c1-11-10-13(6-7-14(11)15(16)19)17(8-3-9-18)12-4-2-5-12/h6-7,10,12,18H,2-5,8-9H2,1H3,(H2,16,19). The molecule has 1 saturated carbocycles. The zero-order chi connectivity index (χ0) is 13.8. The van der Waals surface area contributed by atoms with Crippen molar-refractivity contribution in [2.24, 2.45) is 5.73 Å². The first-order chi connectivity index (χ1) is 9.13. The molecular weight excluding hydrogens is 256 g/mol. The highest BCUT2D eigenvalue weighted by molar-refractivity contribution is 7.80. The first-order valence-corrected chi connectivity index (χ1v) is 7.32. The van der Waals surface area contributed by atoms with E-state index in [1.54, 1.807) is 0 Å². The molecule has 0 bridgehead atoms. The Morgan fingerprint density at radius 2 is 2.21 bits per heavy atom. The van der Waals surface area contributed by atoms with Crippen LogP contribution < -0.4 is 10.6 Å². The van der Waals surface area contributed by atoms with Crippen LogP contribution in [0.3, 0.4) is 0 Å². The molecule has 0 saturated heterocycles. The number of aliphatic hydroxyl groups excluding tert-OH is 1. The first-order valence-electron chi connectivity index (χ1n) is 6.91. The molecule has 0 unspecified atom stereocenters. The molecule has 4 heteroatoms. The normalized spacial score (nSPS) is 15.1. The van der Waals surface area contributed by atoms with Crippen molar-refractivity contribution < 1.29 is 5.11 Å². The summed E-state index contributed by atoms with van der Waals surface area (Å²) in [6.45, 7) is 3.20. The van der Waals surface area contributed by atoms with E-state index >= 15 is 0 Å². The van der Waals surface area contributed by atoms with Gasteiger partial charge in [-0.2, -0.15) is 0 Å². The molecular formula is C15H22N2OS. The maximum atomic E-state index is 9.05. The van der Waals surface area contributed by atoms with E-state index in [1.807, 2.05) is 13.0 Å². The summed E-state index contributed by atoms with van der Waals surface area (Å²) in [6.07, 6.45) is 4.62. The predicted octanol–water partition coefficient (Wildman–Crippen LogP) is 2.37. The van der Waals surface area contributed by atoms with Crippen LogP contribution in [0.4, 0.5) is 5.69 Å². The summed E-state index contributed by atoms with van der Waals surface area (Å²) in [5, 5.41) is 9.05. The number of nitrogens with two attached hydrogens (primary N) is 1. The molecule has 0 aromatic heterocycles. The van der Waals surface area contributed by atoms with Crippen molar-refractivity contribution in [2.75, 3.05) is 18.1 Å². The third-order valence-electron chi connectivity index (χ3n) is 3.88. The number of benzene rings is 1. The molecule has 1 aliphatic carbocycles. The van der Waals surface area contributed by atoms with Gasteiger partial charge >= 0.3 is 0 Å². The minimum Gasteiger partial charge on any atom is -0.396 e. The van der Waals surface area contributed by atoms with E-state index in [-0.39, 0.29) is 6.61 Å². The molecule has 1 fully saturated rings. The molecule has 2 rings (SSSR count). The molecule has 0 heterocycles. The second kappa shape index (κ2) is 6.35. The predicted molar refractivity (Wildman–Crippen MR) is 83.8 cm³/mol. The lowest BCUT2D eigenvalue weighted by Gasteiger charge is -2.39. The third kappa shape index (κ3) is 3.25. The molecule has 1 aromatic carbocycles. The minimum absolute atomic E-state index is 0.243. The van der Waals surface area contributed by atoms with E-state index in [4.69, 9.17) is 23.1 Å². The molecule has 0 aliphatic heterocycles. The Morgan fingerprint density at radius 3 is 2.68 bits per heavy atom. The van der Waals surface area contributed by atoms with Crippen LogP contribution in [0, 0.1) is 6.92 Å². The van der Waals surface area contributed by atoms with Crippen LogP contribution in [0.25, 0.3) is 0 Å². The van der Waals surface area contributed by atoms with Crippen molar-refractivity contribution in [1.82, 2.24) is 0 Å². The summed E-state index contributed by atoms with van der Waals surface area (Å²) in [7, 11) is 0. The van der Waals surface area contributed by atoms with Gasteiger partial charge in [0.05, 0.1) is 0 Å². The van der Waals surface area contributed by atoms with Crippen LogP contribution in [-0.4, -0.2) is 29.3 Å². The number of rotatable bonds is 6. The number of anilines is 1. The van der Waals surface area contributed by atoms with Gasteiger partial charge in [0.1, 0.15) is 4.99 Å². The Morgan fingerprint density at radius 1 is 1.47 bits per heavy atom. The fourth-order valence-corrected chi connectivity index (χ4v) is 2.79.